The van der Waals surface area contributed by atoms with Crippen molar-refractivity contribution in [3.8, 4) is 5.75 Å². The fraction of sp³-hybridized carbons (Fsp3) is 0.571. The quantitative estimate of drug-likeness (QED) is 0.913. The summed E-state index contributed by atoms with van der Waals surface area (Å²) in [6.07, 6.45) is 3.83. The Bertz CT molecular complexity index is 391. The summed E-state index contributed by atoms with van der Waals surface area (Å²) in [6.45, 7) is 2.83. The molecule has 1 heterocycles. The number of benzene rings is 1. The van der Waals surface area contributed by atoms with Gasteiger partial charge in [0, 0.05) is 17.6 Å². The van der Waals surface area contributed by atoms with Crippen LogP contribution in [-0.2, 0) is 0 Å². The molecule has 0 amide bonds. The summed E-state index contributed by atoms with van der Waals surface area (Å²) in [4.78, 5) is 2.44. The number of methoxy groups -OCH3 is 1. The number of nitrogens with zero attached hydrogens (tertiary/aromatic N) is 1. The zero-order valence-electron chi connectivity index (χ0n) is 10.9. The summed E-state index contributed by atoms with van der Waals surface area (Å²) in [5.41, 5.74) is 7.06. The van der Waals surface area contributed by atoms with Crippen LogP contribution >= 0.6 is 11.6 Å². The smallest absolute Gasteiger partial charge is 0.120 e. The minimum absolute atomic E-state index is 0.226. The summed E-state index contributed by atoms with van der Waals surface area (Å²) in [5, 5.41) is 0.746. The third kappa shape index (κ3) is 2.97. The molecule has 0 radical (unpaired) electrons. The lowest BCUT2D eigenvalue weighted by atomic mass is 10.0. The van der Waals surface area contributed by atoms with Crippen LogP contribution in [0.1, 0.15) is 30.9 Å². The van der Waals surface area contributed by atoms with Crippen molar-refractivity contribution in [3.05, 3.63) is 28.8 Å². The molecule has 1 fully saturated rings. The van der Waals surface area contributed by atoms with Gasteiger partial charge in [0.2, 0.25) is 0 Å². The standard InChI is InChI=1S/C14H21ClN2O/c1-18-11-5-6-12(13(15)9-11)14(10-16)17-7-3-2-4-8-17/h5-6,9,14H,2-4,7-8,10,16H2,1H3. The Balaban J connectivity index is 2.20. The maximum absolute atomic E-state index is 6.34. The van der Waals surface area contributed by atoms with Gasteiger partial charge in [0.15, 0.2) is 0 Å². The molecule has 0 saturated carbocycles. The molecule has 1 unspecified atom stereocenters. The van der Waals surface area contributed by atoms with Crippen molar-refractivity contribution in [1.29, 1.82) is 0 Å². The Kier molecular flexibility index (Phi) is 4.87. The first-order valence-corrected chi connectivity index (χ1v) is 6.91. The molecule has 1 aliphatic rings. The predicted octanol–water partition coefficient (Wildman–Crippen LogP) is 2.83. The van der Waals surface area contributed by atoms with Crippen molar-refractivity contribution in [1.82, 2.24) is 4.90 Å². The third-order valence-corrected chi connectivity index (χ3v) is 3.95. The molecule has 0 aromatic heterocycles. The summed E-state index contributed by atoms with van der Waals surface area (Å²) in [6, 6.07) is 6.08. The van der Waals surface area contributed by atoms with Gasteiger partial charge in [-0.2, -0.15) is 0 Å². The van der Waals surface area contributed by atoms with Gasteiger partial charge in [-0.3, -0.25) is 4.90 Å². The van der Waals surface area contributed by atoms with Gasteiger partial charge in [0.05, 0.1) is 7.11 Å². The molecular weight excluding hydrogens is 248 g/mol. The molecule has 1 aliphatic heterocycles. The number of hydrogen-bond acceptors (Lipinski definition) is 3. The lowest BCUT2D eigenvalue weighted by molar-refractivity contribution is 0.167. The van der Waals surface area contributed by atoms with Gasteiger partial charge in [-0.1, -0.05) is 24.1 Å². The first-order valence-electron chi connectivity index (χ1n) is 6.54. The minimum Gasteiger partial charge on any atom is -0.497 e. The average Bonchev–Trinajstić information content (AvgIpc) is 2.42. The summed E-state index contributed by atoms with van der Waals surface area (Å²) >= 11 is 6.34. The molecule has 18 heavy (non-hydrogen) atoms. The predicted molar refractivity (Wildman–Crippen MR) is 75.2 cm³/mol. The van der Waals surface area contributed by atoms with Crippen LogP contribution in [0.2, 0.25) is 5.02 Å². The van der Waals surface area contributed by atoms with Gasteiger partial charge in [0.25, 0.3) is 0 Å². The molecule has 2 rings (SSSR count). The zero-order valence-corrected chi connectivity index (χ0v) is 11.6. The SMILES string of the molecule is COc1ccc(C(CN)N2CCCCC2)c(Cl)c1. The number of hydrogen-bond donors (Lipinski definition) is 1. The maximum Gasteiger partial charge on any atom is 0.120 e. The van der Waals surface area contributed by atoms with E-state index in [0.717, 1.165) is 29.4 Å². The first kappa shape index (κ1) is 13.7. The van der Waals surface area contributed by atoms with Crippen LogP contribution in [0.25, 0.3) is 0 Å². The molecular formula is C14H21ClN2O. The highest BCUT2D eigenvalue weighted by molar-refractivity contribution is 6.31. The minimum atomic E-state index is 0.226. The number of rotatable bonds is 4. The van der Waals surface area contributed by atoms with Crippen LogP contribution in [0.5, 0.6) is 5.75 Å². The lowest BCUT2D eigenvalue weighted by Gasteiger charge is -2.34. The van der Waals surface area contributed by atoms with Crippen molar-refractivity contribution in [3.63, 3.8) is 0 Å². The molecule has 1 saturated heterocycles. The Morgan fingerprint density at radius 2 is 2.06 bits per heavy atom. The summed E-state index contributed by atoms with van der Waals surface area (Å²) < 4.78 is 5.18. The van der Waals surface area contributed by atoms with E-state index in [1.165, 1.54) is 19.3 Å². The summed E-state index contributed by atoms with van der Waals surface area (Å²) in [7, 11) is 1.65. The van der Waals surface area contributed by atoms with Gasteiger partial charge < -0.3 is 10.5 Å². The first-order chi connectivity index (χ1) is 8.76. The zero-order chi connectivity index (χ0) is 13.0. The van der Waals surface area contributed by atoms with Gasteiger partial charge in [-0.15, -0.1) is 0 Å². The van der Waals surface area contributed by atoms with E-state index < -0.39 is 0 Å². The Hall–Kier alpha value is -0.770. The van der Waals surface area contributed by atoms with Gasteiger partial charge in [-0.05, 0) is 43.6 Å². The van der Waals surface area contributed by atoms with Crippen LogP contribution in [-0.4, -0.2) is 31.6 Å². The summed E-state index contributed by atoms with van der Waals surface area (Å²) in [5.74, 6) is 0.790. The largest absolute Gasteiger partial charge is 0.497 e. The van der Waals surface area contributed by atoms with Gasteiger partial charge in [0.1, 0.15) is 5.75 Å². The number of piperidine rings is 1. The van der Waals surface area contributed by atoms with Gasteiger partial charge >= 0.3 is 0 Å². The van der Waals surface area contributed by atoms with E-state index in [-0.39, 0.29) is 6.04 Å². The average molecular weight is 269 g/mol. The van der Waals surface area contributed by atoms with E-state index in [1.807, 2.05) is 18.2 Å². The molecule has 0 bridgehead atoms. The Morgan fingerprint density at radius 3 is 2.61 bits per heavy atom. The highest BCUT2D eigenvalue weighted by Gasteiger charge is 2.22. The normalized spacial score (nSPS) is 18.6. The van der Waals surface area contributed by atoms with E-state index in [4.69, 9.17) is 22.1 Å². The molecule has 1 aromatic carbocycles. The van der Waals surface area contributed by atoms with Crippen LogP contribution in [0, 0.1) is 0 Å². The van der Waals surface area contributed by atoms with Crippen LogP contribution in [0.3, 0.4) is 0 Å². The Labute approximate surface area is 114 Å². The second-order valence-corrected chi connectivity index (χ2v) is 5.14. The fourth-order valence-corrected chi connectivity index (χ4v) is 2.90. The van der Waals surface area contributed by atoms with Crippen LogP contribution in [0.15, 0.2) is 18.2 Å². The highest BCUT2D eigenvalue weighted by Crippen LogP contribution is 2.31. The van der Waals surface area contributed by atoms with Gasteiger partial charge in [-0.25, -0.2) is 0 Å². The number of likely N-dealkylation sites (tertiary alicyclic amines) is 1. The van der Waals surface area contributed by atoms with Crippen LogP contribution in [0.4, 0.5) is 0 Å². The van der Waals surface area contributed by atoms with Crippen molar-refractivity contribution < 1.29 is 4.74 Å². The Morgan fingerprint density at radius 1 is 1.33 bits per heavy atom. The molecule has 100 valence electrons. The van der Waals surface area contributed by atoms with Crippen molar-refractivity contribution in [2.75, 3.05) is 26.7 Å². The topological polar surface area (TPSA) is 38.5 Å². The van der Waals surface area contributed by atoms with E-state index in [0.29, 0.717) is 6.54 Å². The lowest BCUT2D eigenvalue weighted by Crippen LogP contribution is -2.37. The monoisotopic (exact) mass is 268 g/mol. The second kappa shape index (κ2) is 6.41. The number of halogens is 1. The third-order valence-electron chi connectivity index (χ3n) is 3.62. The van der Waals surface area contributed by atoms with E-state index in [1.54, 1.807) is 7.11 Å². The molecule has 0 spiro atoms. The van der Waals surface area contributed by atoms with E-state index >= 15 is 0 Å². The molecule has 1 aromatic rings. The number of ether oxygens (including phenoxy) is 1. The molecule has 3 nitrogen and oxygen atoms in total. The van der Waals surface area contributed by atoms with Crippen molar-refractivity contribution in [2.24, 2.45) is 5.73 Å². The molecule has 2 N–H and O–H groups in total. The fourth-order valence-electron chi connectivity index (χ4n) is 2.61. The van der Waals surface area contributed by atoms with E-state index in [2.05, 4.69) is 4.90 Å². The van der Waals surface area contributed by atoms with Crippen molar-refractivity contribution in [2.45, 2.75) is 25.3 Å². The maximum atomic E-state index is 6.34. The molecule has 4 heteroatoms. The van der Waals surface area contributed by atoms with Crippen LogP contribution < -0.4 is 10.5 Å². The molecule has 1 atom stereocenters. The second-order valence-electron chi connectivity index (χ2n) is 4.74. The highest BCUT2D eigenvalue weighted by atomic mass is 35.5. The molecule has 0 aliphatic carbocycles. The van der Waals surface area contributed by atoms with E-state index in [9.17, 15) is 0 Å². The number of nitrogens with two attached hydrogens (primary N) is 1. The van der Waals surface area contributed by atoms with Crippen molar-refractivity contribution >= 4 is 11.6 Å².